The Morgan fingerprint density at radius 1 is 1.24 bits per heavy atom. The van der Waals surface area contributed by atoms with E-state index in [1.165, 1.54) is 12.1 Å². The highest BCUT2D eigenvalue weighted by Gasteiger charge is 2.16. The molecule has 0 radical (unpaired) electrons. The minimum Gasteiger partial charge on any atom is -0.386 e. The van der Waals surface area contributed by atoms with E-state index in [9.17, 15) is 9.50 Å². The molecule has 1 aromatic carbocycles. The fourth-order valence-corrected chi connectivity index (χ4v) is 2.34. The predicted octanol–water partition coefficient (Wildman–Crippen LogP) is 2.96. The number of fused-ring (bicyclic) bond motifs is 1. The Labute approximate surface area is 150 Å². The second-order valence-corrected chi connectivity index (χ2v) is 6.13. The lowest BCUT2D eigenvalue weighted by Gasteiger charge is -2.09. The van der Waals surface area contributed by atoms with E-state index in [1.807, 2.05) is 0 Å². The summed E-state index contributed by atoms with van der Waals surface area (Å²) in [7, 11) is 1.78. The molecule has 0 aliphatic rings. The SMILES string of the molecule is Cl.Cn1c(-c2cccc(F)c2)nc2c(N)nc(C=CC(C)(C)O)nc21. The van der Waals surface area contributed by atoms with Crippen LogP contribution in [0, 0.1) is 5.82 Å². The van der Waals surface area contributed by atoms with Gasteiger partial charge in [-0.1, -0.05) is 12.1 Å². The topological polar surface area (TPSA) is 89.9 Å². The number of nitrogens with two attached hydrogens (primary N) is 1. The van der Waals surface area contributed by atoms with Crippen molar-refractivity contribution < 1.29 is 9.50 Å². The summed E-state index contributed by atoms with van der Waals surface area (Å²) in [6.45, 7) is 3.30. The van der Waals surface area contributed by atoms with Crippen LogP contribution < -0.4 is 5.73 Å². The van der Waals surface area contributed by atoms with Crippen molar-refractivity contribution >= 4 is 35.5 Å². The van der Waals surface area contributed by atoms with Gasteiger partial charge in [-0.3, -0.25) is 0 Å². The molecule has 3 rings (SSSR count). The Bertz CT molecular complexity index is 946. The monoisotopic (exact) mass is 363 g/mol. The van der Waals surface area contributed by atoms with Crippen LogP contribution in [0.5, 0.6) is 0 Å². The van der Waals surface area contributed by atoms with Crippen LogP contribution in [-0.4, -0.2) is 30.2 Å². The Kier molecular flexibility index (Phi) is 5.10. The number of aryl methyl sites for hydroxylation is 1. The van der Waals surface area contributed by atoms with Gasteiger partial charge in [0, 0.05) is 12.6 Å². The number of nitrogen functional groups attached to an aromatic ring is 1. The molecule has 3 aromatic rings. The molecule has 0 saturated carbocycles. The highest BCUT2D eigenvalue weighted by Crippen LogP contribution is 2.25. The molecule has 0 unspecified atom stereocenters. The lowest BCUT2D eigenvalue weighted by atomic mass is 10.1. The van der Waals surface area contributed by atoms with Crippen LogP contribution in [0.3, 0.4) is 0 Å². The molecule has 0 atom stereocenters. The third kappa shape index (κ3) is 3.94. The lowest BCUT2D eigenvalue weighted by molar-refractivity contribution is 0.134. The van der Waals surface area contributed by atoms with Gasteiger partial charge in [-0.05, 0) is 38.1 Å². The van der Waals surface area contributed by atoms with Gasteiger partial charge in [0.2, 0.25) is 0 Å². The molecule has 0 saturated heterocycles. The maximum absolute atomic E-state index is 13.5. The first-order valence-electron chi connectivity index (χ1n) is 7.42. The molecule has 0 bridgehead atoms. The number of benzene rings is 1. The van der Waals surface area contributed by atoms with Crippen molar-refractivity contribution in [3.05, 3.63) is 42.0 Å². The standard InChI is InChI=1S/C17H18FN5O.ClH/c1-17(2,24)8-7-12-20-14(19)13-16(21-12)23(3)15(22-13)10-5-4-6-11(18)9-10;/h4-9,24H,1-3H3,(H2,19,20,21);1H. The molecule has 0 fully saturated rings. The Morgan fingerprint density at radius 3 is 2.60 bits per heavy atom. The van der Waals surface area contributed by atoms with E-state index in [0.29, 0.717) is 28.4 Å². The van der Waals surface area contributed by atoms with Crippen LogP contribution >= 0.6 is 12.4 Å². The summed E-state index contributed by atoms with van der Waals surface area (Å²) in [5.41, 5.74) is 6.63. The van der Waals surface area contributed by atoms with Crippen LogP contribution in [0.15, 0.2) is 30.3 Å². The number of halogens is 2. The number of hydrogen-bond acceptors (Lipinski definition) is 5. The van der Waals surface area contributed by atoms with Crippen molar-refractivity contribution in [3.8, 4) is 11.4 Å². The predicted molar refractivity (Wildman–Crippen MR) is 98.7 cm³/mol. The highest BCUT2D eigenvalue weighted by molar-refractivity contribution is 5.86. The maximum atomic E-state index is 13.5. The minimum atomic E-state index is -0.980. The highest BCUT2D eigenvalue weighted by atomic mass is 35.5. The van der Waals surface area contributed by atoms with Gasteiger partial charge in [-0.15, -0.1) is 12.4 Å². The zero-order valence-corrected chi connectivity index (χ0v) is 14.9. The summed E-state index contributed by atoms with van der Waals surface area (Å²) in [6, 6.07) is 6.17. The molecule has 25 heavy (non-hydrogen) atoms. The van der Waals surface area contributed by atoms with Crippen LogP contribution in [0.2, 0.25) is 0 Å². The average molecular weight is 364 g/mol. The number of hydrogen-bond donors (Lipinski definition) is 2. The molecular formula is C17H19ClFN5O. The normalized spacial score (nSPS) is 11.9. The summed E-state index contributed by atoms with van der Waals surface area (Å²) in [6.07, 6.45) is 3.18. The first-order chi connectivity index (χ1) is 11.2. The zero-order valence-electron chi connectivity index (χ0n) is 14.1. The van der Waals surface area contributed by atoms with Crippen LogP contribution in [0.1, 0.15) is 19.7 Å². The molecule has 3 N–H and O–H groups in total. The minimum absolute atomic E-state index is 0. The third-order valence-electron chi connectivity index (χ3n) is 3.49. The van der Waals surface area contributed by atoms with Gasteiger partial charge in [-0.2, -0.15) is 0 Å². The molecule has 0 amide bonds. The molecule has 132 valence electrons. The molecule has 8 heteroatoms. The number of rotatable bonds is 3. The second kappa shape index (κ2) is 6.78. The first-order valence-corrected chi connectivity index (χ1v) is 7.42. The van der Waals surface area contributed by atoms with Crippen molar-refractivity contribution in [2.24, 2.45) is 7.05 Å². The van der Waals surface area contributed by atoms with Crippen LogP contribution in [0.25, 0.3) is 28.6 Å². The van der Waals surface area contributed by atoms with Gasteiger partial charge in [0.1, 0.15) is 11.6 Å². The molecule has 2 aromatic heterocycles. The Hall–Kier alpha value is -2.51. The van der Waals surface area contributed by atoms with Crippen molar-refractivity contribution in [2.75, 3.05) is 5.73 Å². The first kappa shape index (κ1) is 18.8. The number of aromatic nitrogens is 4. The Morgan fingerprint density at radius 2 is 1.96 bits per heavy atom. The van der Waals surface area contributed by atoms with Crippen LogP contribution in [0.4, 0.5) is 10.2 Å². The number of imidazole rings is 1. The fourth-order valence-electron chi connectivity index (χ4n) is 2.34. The zero-order chi connectivity index (χ0) is 17.5. The van der Waals surface area contributed by atoms with Gasteiger partial charge in [0.25, 0.3) is 0 Å². The summed E-state index contributed by atoms with van der Waals surface area (Å²) < 4.78 is 15.2. The van der Waals surface area contributed by atoms with Crippen molar-refractivity contribution in [1.82, 2.24) is 19.5 Å². The second-order valence-electron chi connectivity index (χ2n) is 6.13. The van der Waals surface area contributed by atoms with Crippen molar-refractivity contribution in [2.45, 2.75) is 19.4 Å². The van der Waals surface area contributed by atoms with E-state index in [0.717, 1.165) is 0 Å². The molecule has 6 nitrogen and oxygen atoms in total. The summed E-state index contributed by atoms with van der Waals surface area (Å²) >= 11 is 0. The fraction of sp³-hybridized carbons (Fsp3) is 0.235. The van der Waals surface area contributed by atoms with E-state index in [1.54, 1.807) is 49.7 Å². The van der Waals surface area contributed by atoms with Gasteiger partial charge >= 0.3 is 0 Å². The van der Waals surface area contributed by atoms with Crippen molar-refractivity contribution in [1.29, 1.82) is 0 Å². The van der Waals surface area contributed by atoms with Gasteiger partial charge < -0.3 is 15.4 Å². The van der Waals surface area contributed by atoms with E-state index < -0.39 is 5.60 Å². The van der Waals surface area contributed by atoms with E-state index in [4.69, 9.17) is 5.73 Å². The molecular weight excluding hydrogens is 345 g/mol. The number of anilines is 1. The summed E-state index contributed by atoms with van der Waals surface area (Å²) in [5.74, 6) is 0.811. The van der Waals surface area contributed by atoms with Gasteiger partial charge in [0.05, 0.1) is 5.60 Å². The van der Waals surface area contributed by atoms with E-state index >= 15 is 0 Å². The van der Waals surface area contributed by atoms with Gasteiger partial charge in [0.15, 0.2) is 22.8 Å². The molecule has 0 aliphatic heterocycles. The van der Waals surface area contributed by atoms with Gasteiger partial charge in [-0.25, -0.2) is 19.3 Å². The Balaban J connectivity index is 0.00000225. The quantitative estimate of drug-likeness (QED) is 0.746. The number of nitrogens with zero attached hydrogens (tertiary/aromatic N) is 4. The largest absolute Gasteiger partial charge is 0.386 e. The van der Waals surface area contributed by atoms with Crippen molar-refractivity contribution in [3.63, 3.8) is 0 Å². The maximum Gasteiger partial charge on any atom is 0.166 e. The summed E-state index contributed by atoms with van der Waals surface area (Å²) in [4.78, 5) is 13.1. The molecule has 0 aliphatic carbocycles. The average Bonchev–Trinajstić information content (AvgIpc) is 2.83. The molecule has 0 spiro atoms. The smallest absolute Gasteiger partial charge is 0.166 e. The van der Waals surface area contributed by atoms with E-state index in [-0.39, 0.29) is 24.0 Å². The van der Waals surface area contributed by atoms with Crippen LogP contribution in [-0.2, 0) is 7.05 Å². The lowest BCUT2D eigenvalue weighted by Crippen LogP contribution is -2.13. The third-order valence-corrected chi connectivity index (χ3v) is 3.49. The van der Waals surface area contributed by atoms with E-state index in [2.05, 4.69) is 15.0 Å². The molecule has 2 heterocycles. The number of aliphatic hydroxyl groups is 1. The summed E-state index contributed by atoms with van der Waals surface area (Å²) in [5, 5.41) is 9.77.